The van der Waals surface area contributed by atoms with Crippen molar-refractivity contribution in [1.29, 1.82) is 0 Å². The zero-order valence-electron chi connectivity index (χ0n) is 17.8. The molecule has 1 aliphatic heterocycles. The van der Waals surface area contributed by atoms with Crippen molar-refractivity contribution in [2.24, 2.45) is 0 Å². The second-order valence-corrected chi connectivity index (χ2v) is 25.1. The van der Waals surface area contributed by atoms with Crippen molar-refractivity contribution < 1.29 is 4.52 Å². The summed E-state index contributed by atoms with van der Waals surface area (Å²) in [7, 11) is -2.49. The van der Waals surface area contributed by atoms with Gasteiger partial charge >= 0.3 is 0 Å². The van der Waals surface area contributed by atoms with Crippen LogP contribution in [0.25, 0.3) is 0 Å². The van der Waals surface area contributed by atoms with Crippen molar-refractivity contribution in [3.63, 3.8) is 0 Å². The van der Waals surface area contributed by atoms with Crippen molar-refractivity contribution in [1.82, 2.24) is 9.34 Å². The van der Waals surface area contributed by atoms with Gasteiger partial charge in [0.05, 0.1) is 22.3 Å². The molecule has 1 saturated heterocycles. The Labute approximate surface area is 164 Å². The van der Waals surface area contributed by atoms with Crippen LogP contribution in [0.15, 0.2) is 0 Å². The molecular weight excluding hydrogens is 379 g/mol. The van der Waals surface area contributed by atoms with E-state index in [-0.39, 0.29) is 6.10 Å². The fraction of sp³-hybridized carbons (Fsp3) is 1.00. The number of hydrogen-bond acceptors (Lipinski definition) is 2. The molecule has 1 saturated carbocycles. The molecule has 3 nitrogen and oxygen atoms in total. The highest BCUT2D eigenvalue weighted by molar-refractivity contribution is 8.10. The van der Waals surface area contributed by atoms with Gasteiger partial charge in [0.15, 0.2) is 0 Å². The van der Waals surface area contributed by atoms with Crippen LogP contribution in [0.5, 0.6) is 0 Å². The lowest BCUT2D eigenvalue weighted by atomic mass is 9.90. The summed E-state index contributed by atoms with van der Waals surface area (Å²) in [6.07, 6.45) is 9.08. The predicted octanol–water partition coefficient (Wildman–Crippen LogP) is 5.71. The molecule has 0 aromatic rings. The summed E-state index contributed by atoms with van der Waals surface area (Å²) in [6, 6.07) is 1.29. The fourth-order valence-corrected chi connectivity index (χ4v) is 15.2. The summed E-state index contributed by atoms with van der Waals surface area (Å²) in [5.41, 5.74) is 0. The molecule has 0 aromatic heterocycles. The van der Waals surface area contributed by atoms with Gasteiger partial charge in [0.25, 0.3) is 0 Å². The molecule has 0 unspecified atom stereocenters. The molecule has 0 spiro atoms. The van der Waals surface area contributed by atoms with Gasteiger partial charge in [0.2, 0.25) is 6.57 Å². The lowest BCUT2D eigenvalue weighted by molar-refractivity contribution is 0.210. The van der Waals surface area contributed by atoms with Gasteiger partial charge in [0, 0.05) is 24.4 Å². The van der Waals surface area contributed by atoms with E-state index < -0.39 is 22.7 Å². The Balaban J connectivity index is 2.44. The number of nitrogens with zero attached hydrogens (tertiary/aromatic N) is 2. The van der Waals surface area contributed by atoms with Crippen LogP contribution in [0.2, 0.25) is 39.3 Å². The summed E-state index contributed by atoms with van der Waals surface area (Å²) in [4.78, 5) is 0. The third kappa shape index (κ3) is 5.49. The molecule has 2 rings (SSSR count). The van der Waals surface area contributed by atoms with Gasteiger partial charge in [-0.3, -0.25) is 0 Å². The largest absolute Gasteiger partial charge is 0.324 e. The molecule has 25 heavy (non-hydrogen) atoms. The van der Waals surface area contributed by atoms with Crippen molar-refractivity contribution in [3.8, 4) is 0 Å². The van der Waals surface area contributed by atoms with Crippen LogP contribution in [-0.2, 0) is 16.3 Å². The Bertz CT molecular complexity index is 470. The lowest BCUT2D eigenvalue weighted by Crippen LogP contribution is -2.46. The standard InChI is InChI=1S/C18H41N2OPSSi2/c1-9-16(2)21-22(23)19(14-24(3,4)5)17-12-10-11-13-18(17)20(22)15-25(6,7)8/h16-18H,9-15H2,1-8H3/t16-,17+,18+/m0/s1. The van der Waals surface area contributed by atoms with Crippen molar-refractivity contribution in [2.45, 2.75) is 103 Å². The predicted molar refractivity (Wildman–Crippen MR) is 121 cm³/mol. The summed E-state index contributed by atoms with van der Waals surface area (Å²) < 4.78 is 12.3. The molecule has 0 radical (unpaired) electrons. The molecule has 0 bridgehead atoms. The topological polar surface area (TPSA) is 15.7 Å². The molecule has 0 aromatic carbocycles. The minimum atomic E-state index is -2.09. The first-order valence-electron chi connectivity index (χ1n) is 10.2. The van der Waals surface area contributed by atoms with Gasteiger partial charge in [-0.05, 0) is 38.0 Å². The highest BCUT2D eigenvalue weighted by Gasteiger charge is 2.54. The second-order valence-electron chi connectivity index (χ2n) is 10.6. The van der Waals surface area contributed by atoms with Crippen LogP contribution in [0.4, 0.5) is 0 Å². The van der Waals surface area contributed by atoms with E-state index in [1.54, 1.807) is 0 Å². The fourth-order valence-electron chi connectivity index (χ4n) is 4.12. The quantitative estimate of drug-likeness (QED) is 0.387. The minimum Gasteiger partial charge on any atom is -0.324 e. The van der Waals surface area contributed by atoms with Crippen molar-refractivity contribution in [2.75, 3.05) is 12.3 Å². The minimum absolute atomic E-state index is 0.263. The first-order valence-corrected chi connectivity index (χ1v) is 20.2. The third-order valence-corrected chi connectivity index (χ3v) is 12.7. The SMILES string of the molecule is CC[C@H](C)OP1(=S)N(C[Si](C)(C)C)[C@@H]2CCCC[C@H]2N1C[Si](C)(C)C. The van der Waals surface area contributed by atoms with Crippen molar-refractivity contribution in [3.05, 3.63) is 0 Å². The van der Waals surface area contributed by atoms with E-state index in [0.717, 1.165) is 6.42 Å². The van der Waals surface area contributed by atoms with Crippen LogP contribution in [0.3, 0.4) is 0 Å². The zero-order chi connectivity index (χ0) is 19.0. The summed E-state index contributed by atoms with van der Waals surface area (Å²) in [5.74, 6) is 0. The van der Waals surface area contributed by atoms with E-state index in [2.05, 4.69) is 62.5 Å². The average molecular weight is 421 g/mol. The zero-order valence-corrected chi connectivity index (χ0v) is 21.6. The smallest absolute Gasteiger partial charge is 0.203 e. The van der Waals surface area contributed by atoms with Crippen molar-refractivity contribution >= 4 is 34.5 Å². The highest BCUT2D eigenvalue weighted by Crippen LogP contribution is 2.65. The number of fused-ring (bicyclic) bond motifs is 1. The van der Waals surface area contributed by atoms with Crippen LogP contribution >= 0.6 is 6.57 Å². The summed E-state index contributed by atoms with van der Waals surface area (Å²) in [5, 5.41) is 0. The third-order valence-electron chi connectivity index (χ3n) is 5.27. The Morgan fingerprint density at radius 3 is 1.68 bits per heavy atom. The monoisotopic (exact) mass is 420 g/mol. The summed E-state index contributed by atoms with van der Waals surface area (Å²) in [6.45, 7) is 17.2. The first kappa shape index (κ1) is 22.3. The van der Waals surface area contributed by atoms with Crippen LogP contribution in [0, 0.1) is 0 Å². The molecule has 2 fully saturated rings. The molecule has 1 aliphatic carbocycles. The Kier molecular flexibility index (Phi) is 7.25. The van der Waals surface area contributed by atoms with Crippen LogP contribution < -0.4 is 0 Å². The molecule has 0 N–H and O–H groups in total. The van der Waals surface area contributed by atoms with Crippen LogP contribution in [-0.4, -0.2) is 56.0 Å². The number of rotatable bonds is 7. The molecule has 148 valence electrons. The van der Waals surface area contributed by atoms with E-state index in [1.807, 2.05) is 0 Å². The Morgan fingerprint density at radius 1 is 0.960 bits per heavy atom. The average Bonchev–Trinajstić information content (AvgIpc) is 2.67. The molecular formula is C18H41N2OPSSi2. The Morgan fingerprint density at radius 2 is 1.36 bits per heavy atom. The van der Waals surface area contributed by atoms with Gasteiger partial charge in [-0.25, -0.2) is 9.34 Å². The lowest BCUT2D eigenvalue weighted by Gasteiger charge is -2.40. The van der Waals surface area contributed by atoms with E-state index >= 15 is 0 Å². The molecule has 7 heteroatoms. The van der Waals surface area contributed by atoms with Gasteiger partial charge in [-0.1, -0.05) is 59.0 Å². The first-order chi connectivity index (χ1) is 11.4. The van der Waals surface area contributed by atoms with E-state index in [0.29, 0.717) is 12.1 Å². The maximum atomic E-state index is 6.78. The van der Waals surface area contributed by atoms with E-state index in [1.165, 1.54) is 38.0 Å². The van der Waals surface area contributed by atoms with Gasteiger partial charge < -0.3 is 4.52 Å². The van der Waals surface area contributed by atoms with Gasteiger partial charge in [0.1, 0.15) is 0 Å². The van der Waals surface area contributed by atoms with E-state index in [9.17, 15) is 0 Å². The van der Waals surface area contributed by atoms with Gasteiger partial charge in [-0.2, -0.15) is 0 Å². The highest BCUT2D eigenvalue weighted by atomic mass is 32.5. The maximum Gasteiger partial charge on any atom is 0.203 e. The maximum absolute atomic E-state index is 6.78. The number of hydrogen-bond donors (Lipinski definition) is 0. The summed E-state index contributed by atoms with van der Waals surface area (Å²) >= 11 is 6.49. The molecule has 0 amide bonds. The Hall–Kier alpha value is 0.964. The van der Waals surface area contributed by atoms with E-state index in [4.69, 9.17) is 16.3 Å². The molecule has 2 aliphatic rings. The molecule has 3 atom stereocenters. The van der Waals surface area contributed by atoms with Gasteiger partial charge in [-0.15, -0.1) is 0 Å². The second kappa shape index (κ2) is 8.14. The normalized spacial score (nSPS) is 29.6. The van der Waals surface area contributed by atoms with Crippen LogP contribution in [0.1, 0.15) is 46.0 Å². The molecule has 1 heterocycles.